The molecule has 0 fully saturated rings. The Morgan fingerprint density at radius 3 is 2.92 bits per heavy atom. The van der Waals surface area contributed by atoms with Gasteiger partial charge < -0.3 is 5.21 Å². The molecule has 2 aromatic rings. The van der Waals surface area contributed by atoms with Crippen LogP contribution in [0.1, 0.15) is 10.4 Å². The zero-order valence-electron chi connectivity index (χ0n) is 6.27. The largest absolute Gasteiger partial charge is 0.428 e. The summed E-state index contributed by atoms with van der Waals surface area (Å²) in [6.45, 7) is 0. The summed E-state index contributed by atoms with van der Waals surface area (Å²) in [5, 5.41) is 10.2. The van der Waals surface area contributed by atoms with E-state index in [2.05, 4.69) is 0 Å². The number of benzene rings is 1. The normalized spacial score (nSPS) is 10.3. The molecular formula is C9H7NO2. The van der Waals surface area contributed by atoms with Crippen LogP contribution in [0.3, 0.4) is 0 Å². The lowest BCUT2D eigenvalue weighted by Crippen LogP contribution is -1.87. The maximum absolute atomic E-state index is 10.4. The van der Waals surface area contributed by atoms with Gasteiger partial charge in [0.05, 0.1) is 5.52 Å². The molecular weight excluding hydrogens is 154 g/mol. The van der Waals surface area contributed by atoms with Gasteiger partial charge in [0.2, 0.25) is 0 Å². The Labute approximate surface area is 68.8 Å². The highest BCUT2D eigenvalue weighted by Gasteiger charge is 1.99. The van der Waals surface area contributed by atoms with Crippen LogP contribution in [-0.2, 0) is 0 Å². The molecule has 0 saturated heterocycles. The fourth-order valence-corrected chi connectivity index (χ4v) is 1.20. The van der Waals surface area contributed by atoms with Crippen molar-refractivity contribution in [2.75, 3.05) is 0 Å². The third-order valence-corrected chi connectivity index (χ3v) is 1.83. The Bertz CT molecular complexity index is 431. The van der Waals surface area contributed by atoms with Crippen molar-refractivity contribution in [1.82, 2.24) is 4.73 Å². The van der Waals surface area contributed by atoms with Gasteiger partial charge in [-0.25, -0.2) is 0 Å². The molecule has 1 aromatic heterocycles. The molecule has 0 radical (unpaired) electrons. The van der Waals surface area contributed by atoms with Crippen LogP contribution in [-0.4, -0.2) is 16.2 Å². The van der Waals surface area contributed by atoms with Crippen LogP contribution in [0.15, 0.2) is 30.5 Å². The summed E-state index contributed by atoms with van der Waals surface area (Å²) < 4.78 is 1.00. The third-order valence-electron chi connectivity index (χ3n) is 1.83. The minimum Gasteiger partial charge on any atom is -0.428 e. The minimum absolute atomic E-state index is 0.566. The van der Waals surface area contributed by atoms with E-state index >= 15 is 0 Å². The summed E-state index contributed by atoms with van der Waals surface area (Å²) in [7, 11) is 0. The number of nitrogens with zero attached hydrogens (tertiary/aromatic N) is 1. The van der Waals surface area contributed by atoms with Gasteiger partial charge in [0.25, 0.3) is 0 Å². The molecule has 0 bridgehead atoms. The van der Waals surface area contributed by atoms with Gasteiger partial charge in [0, 0.05) is 17.1 Å². The highest BCUT2D eigenvalue weighted by molar-refractivity contribution is 5.87. The Kier molecular flexibility index (Phi) is 1.37. The molecule has 0 spiro atoms. The topological polar surface area (TPSA) is 42.2 Å². The van der Waals surface area contributed by atoms with E-state index in [1.54, 1.807) is 30.5 Å². The second-order valence-electron chi connectivity index (χ2n) is 2.60. The first-order valence-corrected chi connectivity index (χ1v) is 3.57. The molecule has 0 amide bonds. The summed E-state index contributed by atoms with van der Waals surface area (Å²) in [6, 6.07) is 6.94. The zero-order valence-corrected chi connectivity index (χ0v) is 6.27. The predicted octanol–water partition coefficient (Wildman–Crippen LogP) is 1.69. The fraction of sp³-hybridized carbons (Fsp3) is 0. The van der Waals surface area contributed by atoms with E-state index in [0.717, 1.165) is 16.4 Å². The van der Waals surface area contributed by atoms with Gasteiger partial charge in [-0.1, -0.05) is 12.1 Å². The van der Waals surface area contributed by atoms with E-state index < -0.39 is 0 Å². The van der Waals surface area contributed by atoms with Crippen molar-refractivity contribution in [3.63, 3.8) is 0 Å². The number of carbonyl (C=O) groups excluding carboxylic acids is 1. The molecule has 0 atom stereocenters. The van der Waals surface area contributed by atoms with Gasteiger partial charge in [0.1, 0.15) is 6.29 Å². The van der Waals surface area contributed by atoms with E-state index in [9.17, 15) is 10.0 Å². The highest BCUT2D eigenvalue weighted by Crippen LogP contribution is 2.15. The number of hydrogen-bond acceptors (Lipinski definition) is 2. The number of fused-ring (bicyclic) bond motifs is 1. The van der Waals surface area contributed by atoms with Crippen molar-refractivity contribution in [3.8, 4) is 0 Å². The molecule has 1 heterocycles. The molecule has 60 valence electrons. The monoisotopic (exact) mass is 161 g/mol. The first-order chi connectivity index (χ1) is 5.81. The first-order valence-electron chi connectivity index (χ1n) is 3.57. The Morgan fingerprint density at radius 2 is 2.17 bits per heavy atom. The van der Waals surface area contributed by atoms with Crippen molar-refractivity contribution in [3.05, 3.63) is 36.0 Å². The van der Waals surface area contributed by atoms with Crippen LogP contribution in [0.4, 0.5) is 0 Å². The highest BCUT2D eigenvalue weighted by atomic mass is 16.5. The number of carbonyl (C=O) groups is 1. The Morgan fingerprint density at radius 1 is 1.33 bits per heavy atom. The van der Waals surface area contributed by atoms with Gasteiger partial charge in [-0.15, -0.1) is 0 Å². The van der Waals surface area contributed by atoms with Crippen molar-refractivity contribution >= 4 is 17.2 Å². The van der Waals surface area contributed by atoms with Gasteiger partial charge in [-0.2, -0.15) is 4.73 Å². The fourth-order valence-electron chi connectivity index (χ4n) is 1.20. The molecule has 3 heteroatoms. The minimum atomic E-state index is 0.566. The lowest BCUT2D eigenvalue weighted by Gasteiger charge is -1.94. The number of rotatable bonds is 1. The maximum atomic E-state index is 10.4. The van der Waals surface area contributed by atoms with Crippen LogP contribution in [0.25, 0.3) is 10.9 Å². The molecule has 1 N–H and O–H groups in total. The number of aldehydes is 1. The van der Waals surface area contributed by atoms with E-state index in [1.807, 2.05) is 0 Å². The Hall–Kier alpha value is -1.77. The van der Waals surface area contributed by atoms with Crippen molar-refractivity contribution in [1.29, 1.82) is 0 Å². The smallest absolute Gasteiger partial charge is 0.150 e. The van der Waals surface area contributed by atoms with Crippen molar-refractivity contribution in [2.45, 2.75) is 0 Å². The molecule has 0 aliphatic heterocycles. The van der Waals surface area contributed by atoms with Crippen LogP contribution >= 0.6 is 0 Å². The van der Waals surface area contributed by atoms with Gasteiger partial charge in [0.15, 0.2) is 0 Å². The summed E-state index contributed by atoms with van der Waals surface area (Å²) >= 11 is 0. The average molecular weight is 161 g/mol. The average Bonchev–Trinajstić information content (AvgIpc) is 2.47. The van der Waals surface area contributed by atoms with Crippen LogP contribution < -0.4 is 0 Å². The van der Waals surface area contributed by atoms with E-state index in [4.69, 9.17) is 0 Å². The number of aromatic nitrogens is 1. The first kappa shape index (κ1) is 6.91. The second-order valence-corrected chi connectivity index (χ2v) is 2.60. The van der Waals surface area contributed by atoms with Crippen molar-refractivity contribution < 1.29 is 10.0 Å². The predicted molar refractivity (Wildman–Crippen MR) is 44.5 cm³/mol. The molecule has 2 rings (SSSR count). The molecule has 1 aromatic carbocycles. The number of hydrogen-bond donors (Lipinski definition) is 1. The van der Waals surface area contributed by atoms with E-state index in [0.29, 0.717) is 11.1 Å². The quantitative estimate of drug-likeness (QED) is 0.510. The summed E-state index contributed by atoms with van der Waals surface area (Å²) in [4.78, 5) is 10.4. The molecule has 0 aliphatic rings. The van der Waals surface area contributed by atoms with Gasteiger partial charge in [-0.3, -0.25) is 4.79 Å². The molecule has 0 aliphatic carbocycles. The van der Waals surface area contributed by atoms with E-state index in [1.165, 1.54) is 0 Å². The molecule has 0 unspecified atom stereocenters. The SMILES string of the molecule is O=Cc1ccc2ccn(O)c2c1. The van der Waals surface area contributed by atoms with Gasteiger partial charge in [-0.05, 0) is 12.1 Å². The van der Waals surface area contributed by atoms with Gasteiger partial charge >= 0.3 is 0 Å². The van der Waals surface area contributed by atoms with Crippen LogP contribution in [0.5, 0.6) is 0 Å². The van der Waals surface area contributed by atoms with E-state index in [-0.39, 0.29) is 0 Å². The summed E-state index contributed by atoms with van der Waals surface area (Å²) in [5.74, 6) is 0. The molecule has 3 nitrogen and oxygen atoms in total. The van der Waals surface area contributed by atoms with Crippen LogP contribution in [0.2, 0.25) is 0 Å². The van der Waals surface area contributed by atoms with Crippen LogP contribution in [0, 0.1) is 0 Å². The lowest BCUT2D eigenvalue weighted by molar-refractivity contribution is 0.112. The van der Waals surface area contributed by atoms with Crippen molar-refractivity contribution in [2.24, 2.45) is 0 Å². The Balaban J connectivity index is 2.79. The second kappa shape index (κ2) is 2.37. The summed E-state index contributed by atoms with van der Waals surface area (Å²) in [6.07, 6.45) is 2.30. The maximum Gasteiger partial charge on any atom is 0.150 e. The standard InChI is InChI=1S/C9H7NO2/c11-6-7-1-2-8-3-4-10(12)9(8)5-7/h1-6,12H. The third kappa shape index (κ3) is 0.871. The zero-order chi connectivity index (χ0) is 8.55. The summed E-state index contributed by atoms with van der Waals surface area (Å²) in [5.41, 5.74) is 1.22. The molecule has 0 saturated carbocycles. The lowest BCUT2D eigenvalue weighted by atomic mass is 10.2. The molecule has 12 heavy (non-hydrogen) atoms.